The highest BCUT2D eigenvalue weighted by Gasteiger charge is 2.19. The van der Waals surface area contributed by atoms with E-state index in [9.17, 15) is 18.0 Å². The Morgan fingerprint density at radius 2 is 1.86 bits per heavy atom. The topological polar surface area (TPSA) is 142 Å². The number of H-pyrrole nitrogens is 1. The maximum Gasteiger partial charge on any atom is 0.267 e. The number of rotatable bonds is 7. The number of hydrogen-bond acceptors (Lipinski definition) is 7. The second-order valence-corrected chi connectivity index (χ2v) is 10.3. The van der Waals surface area contributed by atoms with Crippen LogP contribution in [0.2, 0.25) is 0 Å². The van der Waals surface area contributed by atoms with E-state index in [1.807, 2.05) is 24.3 Å². The molecule has 0 unspecified atom stereocenters. The molecule has 0 radical (unpaired) electrons. The van der Waals surface area contributed by atoms with Gasteiger partial charge in [-0.3, -0.25) is 19.0 Å². The van der Waals surface area contributed by atoms with Gasteiger partial charge in [0.2, 0.25) is 5.91 Å². The summed E-state index contributed by atoms with van der Waals surface area (Å²) >= 11 is 0. The Labute approximate surface area is 205 Å². The number of nitrogens with zero attached hydrogens (tertiary/aromatic N) is 2. The molecule has 11 heteroatoms. The summed E-state index contributed by atoms with van der Waals surface area (Å²) in [6, 6.07) is 7.74. The van der Waals surface area contributed by atoms with Crippen molar-refractivity contribution in [3.8, 4) is 11.3 Å². The quantitative estimate of drug-likeness (QED) is 0.384. The summed E-state index contributed by atoms with van der Waals surface area (Å²) in [5.41, 5.74) is 4.36. The highest BCUT2D eigenvalue weighted by Crippen LogP contribution is 2.29. The van der Waals surface area contributed by atoms with Crippen LogP contribution in [0.3, 0.4) is 0 Å². The van der Waals surface area contributed by atoms with Gasteiger partial charge in [0, 0.05) is 36.3 Å². The number of amides is 1. The molecule has 0 saturated carbocycles. The fraction of sp³-hybridized carbons (Fsp3) is 0.542. The molecule has 10 nitrogen and oxygen atoms in total. The molecule has 1 aliphatic carbocycles. The van der Waals surface area contributed by atoms with E-state index in [-0.39, 0.29) is 11.5 Å². The van der Waals surface area contributed by atoms with Gasteiger partial charge in [-0.25, -0.2) is 5.10 Å². The lowest BCUT2D eigenvalue weighted by Crippen LogP contribution is -2.36. The zero-order valence-electron chi connectivity index (χ0n) is 20.1. The first-order valence-electron chi connectivity index (χ1n) is 11.9. The van der Waals surface area contributed by atoms with Gasteiger partial charge in [-0.05, 0) is 62.8 Å². The van der Waals surface area contributed by atoms with Crippen LogP contribution in [0.25, 0.3) is 11.3 Å². The van der Waals surface area contributed by atoms with Gasteiger partial charge >= 0.3 is 0 Å². The summed E-state index contributed by atoms with van der Waals surface area (Å²) in [5.74, 6) is 0.0329. The Bertz CT molecular complexity index is 1150. The number of nitrogens with one attached hydrogen (secondary N) is 2. The first-order chi connectivity index (χ1) is 16.7. The molecule has 0 bridgehead atoms. The van der Waals surface area contributed by atoms with Gasteiger partial charge in [-0.15, -0.1) is 0 Å². The van der Waals surface area contributed by atoms with Gasteiger partial charge in [0.05, 0.1) is 25.2 Å². The number of fused-ring (bicyclic) bond motifs is 1. The monoisotopic (exact) mass is 506 g/mol. The normalized spacial score (nSPS) is 16.1. The van der Waals surface area contributed by atoms with Crippen LogP contribution < -0.4 is 10.9 Å². The lowest BCUT2D eigenvalue weighted by Gasteiger charge is -2.26. The molecule has 1 aromatic carbocycles. The fourth-order valence-corrected chi connectivity index (χ4v) is 4.31. The minimum absolute atomic E-state index is 0.0329. The smallest absolute Gasteiger partial charge is 0.267 e. The summed E-state index contributed by atoms with van der Waals surface area (Å²) in [7, 11) is -3.67. The van der Waals surface area contributed by atoms with E-state index < -0.39 is 10.1 Å². The second kappa shape index (κ2) is 12.9. The van der Waals surface area contributed by atoms with Gasteiger partial charge in [-0.2, -0.15) is 13.5 Å². The van der Waals surface area contributed by atoms with E-state index in [2.05, 4.69) is 20.4 Å². The number of carbonyl (C=O) groups is 1. The first kappa shape index (κ1) is 27.0. The molecular weight excluding hydrogens is 472 g/mol. The molecule has 1 saturated heterocycles. The number of aromatic nitrogens is 2. The van der Waals surface area contributed by atoms with Gasteiger partial charge in [0.1, 0.15) is 0 Å². The van der Waals surface area contributed by atoms with Crippen molar-refractivity contribution in [1.82, 2.24) is 15.1 Å². The molecule has 0 atom stereocenters. The molecule has 4 rings (SSSR count). The number of ether oxygens (including phenoxy) is 1. The zero-order chi connectivity index (χ0) is 25.3. The molecule has 1 aromatic heterocycles. The maximum atomic E-state index is 12.4. The highest BCUT2D eigenvalue weighted by molar-refractivity contribution is 7.85. The van der Waals surface area contributed by atoms with Crippen LogP contribution >= 0.6 is 0 Å². The predicted octanol–water partition coefficient (Wildman–Crippen LogP) is 2.26. The van der Waals surface area contributed by atoms with Gasteiger partial charge in [-0.1, -0.05) is 12.1 Å². The number of anilines is 1. The van der Waals surface area contributed by atoms with Crippen LogP contribution in [0.15, 0.2) is 29.1 Å². The molecular formula is C24H34N4O6S. The number of morpholine rings is 1. The maximum absolute atomic E-state index is 12.4. The van der Waals surface area contributed by atoms with E-state index in [1.54, 1.807) is 0 Å². The molecule has 192 valence electrons. The summed E-state index contributed by atoms with van der Waals surface area (Å²) in [6.07, 6.45) is 6.92. The Kier molecular flexibility index (Phi) is 9.96. The molecule has 1 aliphatic heterocycles. The van der Waals surface area contributed by atoms with Crippen molar-refractivity contribution in [3.63, 3.8) is 0 Å². The van der Waals surface area contributed by atoms with Crippen molar-refractivity contribution >= 4 is 21.7 Å². The van der Waals surface area contributed by atoms with E-state index in [0.29, 0.717) is 12.7 Å². The SMILES string of the molecule is CS(=O)(=O)O.O=C(CCCCN1CCOCC1)Nc1cccc(-c2n[nH]c(=O)c3c2CCCC3)c1. The molecule has 1 amide bonds. The van der Waals surface area contributed by atoms with Crippen LogP contribution in [0.4, 0.5) is 5.69 Å². The Morgan fingerprint density at radius 1 is 1.17 bits per heavy atom. The van der Waals surface area contributed by atoms with E-state index >= 15 is 0 Å². The average Bonchev–Trinajstić information content (AvgIpc) is 2.82. The largest absolute Gasteiger partial charge is 0.379 e. The molecule has 2 aliphatic rings. The van der Waals surface area contributed by atoms with Crippen LogP contribution in [0.5, 0.6) is 0 Å². The van der Waals surface area contributed by atoms with Crippen molar-refractivity contribution in [2.75, 3.05) is 44.4 Å². The minimum atomic E-state index is -3.67. The Hall–Kier alpha value is -2.60. The van der Waals surface area contributed by atoms with Crippen molar-refractivity contribution in [3.05, 3.63) is 45.7 Å². The number of unbranched alkanes of at least 4 members (excludes halogenated alkanes) is 1. The summed E-state index contributed by atoms with van der Waals surface area (Å²) < 4.78 is 31.2. The van der Waals surface area contributed by atoms with Crippen molar-refractivity contribution in [1.29, 1.82) is 0 Å². The third-order valence-corrected chi connectivity index (χ3v) is 5.95. The molecule has 2 aromatic rings. The first-order valence-corrected chi connectivity index (χ1v) is 13.8. The van der Waals surface area contributed by atoms with Crippen molar-refractivity contribution in [2.45, 2.75) is 44.9 Å². The van der Waals surface area contributed by atoms with Crippen LogP contribution in [0, 0.1) is 0 Å². The highest BCUT2D eigenvalue weighted by atomic mass is 32.2. The van der Waals surface area contributed by atoms with Gasteiger partial charge in [0.15, 0.2) is 0 Å². The second-order valence-electron chi connectivity index (χ2n) is 8.84. The predicted molar refractivity (Wildman–Crippen MR) is 134 cm³/mol. The van der Waals surface area contributed by atoms with Crippen LogP contribution in [-0.4, -0.2) is 73.1 Å². The number of benzene rings is 1. The Morgan fingerprint density at radius 3 is 2.57 bits per heavy atom. The van der Waals surface area contributed by atoms with E-state index in [4.69, 9.17) is 9.29 Å². The van der Waals surface area contributed by atoms with E-state index in [0.717, 1.165) is 99.4 Å². The molecule has 35 heavy (non-hydrogen) atoms. The number of carbonyl (C=O) groups excluding carboxylic acids is 1. The summed E-state index contributed by atoms with van der Waals surface area (Å²) in [6.45, 7) is 4.62. The lowest BCUT2D eigenvalue weighted by atomic mass is 9.90. The zero-order valence-corrected chi connectivity index (χ0v) is 20.9. The fourth-order valence-electron chi connectivity index (χ4n) is 4.31. The van der Waals surface area contributed by atoms with Gasteiger partial charge in [0.25, 0.3) is 15.7 Å². The molecule has 1 fully saturated rings. The lowest BCUT2D eigenvalue weighted by molar-refractivity contribution is -0.116. The van der Waals surface area contributed by atoms with Crippen molar-refractivity contribution in [2.24, 2.45) is 0 Å². The molecule has 0 spiro atoms. The Balaban J connectivity index is 0.000000623. The van der Waals surface area contributed by atoms with Crippen LogP contribution in [0.1, 0.15) is 43.2 Å². The average molecular weight is 507 g/mol. The third-order valence-electron chi connectivity index (χ3n) is 5.95. The van der Waals surface area contributed by atoms with Crippen LogP contribution in [-0.2, 0) is 32.5 Å². The summed E-state index contributed by atoms with van der Waals surface area (Å²) in [5, 5.41) is 9.98. The number of hydrogen-bond donors (Lipinski definition) is 3. The molecule has 2 heterocycles. The third kappa shape index (κ3) is 9.17. The minimum Gasteiger partial charge on any atom is -0.379 e. The van der Waals surface area contributed by atoms with Crippen molar-refractivity contribution < 1.29 is 22.5 Å². The summed E-state index contributed by atoms with van der Waals surface area (Å²) in [4.78, 5) is 26.9. The number of aromatic amines is 1. The standard InChI is InChI=1S/C23H30N4O3.CH4O3S/c28-21(10-3-4-11-27-12-14-30-15-13-27)24-18-7-5-6-17(16-18)22-19-8-1-2-9-20(19)23(29)26-25-22;1-5(2,3)4/h5-7,16H,1-4,8-15H2,(H,24,28)(H,26,29);1H3,(H,2,3,4). The van der Waals surface area contributed by atoms with Gasteiger partial charge < -0.3 is 10.1 Å². The molecule has 3 N–H and O–H groups in total. The van der Waals surface area contributed by atoms with E-state index in [1.165, 1.54) is 0 Å².